The monoisotopic (exact) mass is 236 g/mol. The summed E-state index contributed by atoms with van der Waals surface area (Å²) in [6, 6.07) is 11.1. The molecule has 0 atom stereocenters. The Morgan fingerprint density at radius 2 is 1.67 bits per heavy atom. The standard InChI is InChI=1S/C17H13F/c18-17-10-9-15-11-14(7-8-16(15)12-17)13-5-3-1-2-4-6-13/h1-5,7-12H,6H2. The third kappa shape index (κ3) is 2.12. The van der Waals surface area contributed by atoms with Crippen molar-refractivity contribution in [3.05, 3.63) is 78.2 Å². The molecule has 88 valence electrons. The minimum absolute atomic E-state index is 0.185. The van der Waals surface area contributed by atoms with Crippen LogP contribution in [0.15, 0.2) is 66.8 Å². The third-order valence-corrected chi connectivity index (χ3v) is 3.17. The summed E-state index contributed by atoms with van der Waals surface area (Å²) in [5, 5.41) is 2.02. The van der Waals surface area contributed by atoms with E-state index in [1.54, 1.807) is 6.07 Å². The van der Waals surface area contributed by atoms with Crippen molar-refractivity contribution >= 4 is 16.3 Å². The van der Waals surface area contributed by atoms with Crippen LogP contribution in [0.2, 0.25) is 0 Å². The second-order valence-corrected chi connectivity index (χ2v) is 4.42. The summed E-state index contributed by atoms with van der Waals surface area (Å²) in [5.74, 6) is -0.185. The van der Waals surface area contributed by atoms with Crippen LogP contribution in [0, 0.1) is 5.82 Å². The van der Waals surface area contributed by atoms with E-state index in [0.717, 1.165) is 17.2 Å². The van der Waals surface area contributed by atoms with E-state index in [1.165, 1.54) is 17.2 Å². The van der Waals surface area contributed by atoms with Gasteiger partial charge in [0.15, 0.2) is 0 Å². The van der Waals surface area contributed by atoms with Crippen LogP contribution < -0.4 is 0 Å². The van der Waals surface area contributed by atoms with Crippen LogP contribution >= 0.6 is 0 Å². The lowest BCUT2D eigenvalue weighted by Gasteiger charge is -2.06. The van der Waals surface area contributed by atoms with Gasteiger partial charge in [0.1, 0.15) is 5.82 Å². The Balaban J connectivity index is 2.08. The van der Waals surface area contributed by atoms with E-state index in [0.29, 0.717) is 0 Å². The van der Waals surface area contributed by atoms with Gasteiger partial charge in [-0.25, -0.2) is 4.39 Å². The van der Waals surface area contributed by atoms with E-state index in [2.05, 4.69) is 30.4 Å². The molecule has 2 aromatic carbocycles. The van der Waals surface area contributed by atoms with E-state index < -0.39 is 0 Å². The molecule has 0 nitrogen and oxygen atoms in total. The first-order chi connectivity index (χ1) is 8.83. The summed E-state index contributed by atoms with van der Waals surface area (Å²) >= 11 is 0. The molecule has 1 aliphatic carbocycles. The van der Waals surface area contributed by atoms with Crippen molar-refractivity contribution < 1.29 is 4.39 Å². The van der Waals surface area contributed by atoms with Gasteiger partial charge in [-0.05, 0) is 46.5 Å². The maximum atomic E-state index is 13.1. The van der Waals surface area contributed by atoms with Crippen LogP contribution in [-0.4, -0.2) is 0 Å². The average Bonchev–Trinajstić information content (AvgIpc) is 2.67. The van der Waals surface area contributed by atoms with Gasteiger partial charge in [-0.3, -0.25) is 0 Å². The number of fused-ring (bicyclic) bond motifs is 1. The first-order valence-electron chi connectivity index (χ1n) is 6.05. The first-order valence-corrected chi connectivity index (χ1v) is 6.05. The van der Waals surface area contributed by atoms with Gasteiger partial charge >= 0.3 is 0 Å². The molecule has 0 saturated carbocycles. The van der Waals surface area contributed by atoms with Gasteiger partial charge in [-0.2, -0.15) is 0 Å². The maximum Gasteiger partial charge on any atom is 0.123 e. The lowest BCUT2D eigenvalue weighted by atomic mass is 9.99. The highest BCUT2D eigenvalue weighted by molar-refractivity contribution is 5.86. The Morgan fingerprint density at radius 3 is 2.61 bits per heavy atom. The van der Waals surface area contributed by atoms with Crippen LogP contribution in [0.5, 0.6) is 0 Å². The first kappa shape index (κ1) is 11.0. The van der Waals surface area contributed by atoms with Gasteiger partial charge in [0.25, 0.3) is 0 Å². The molecule has 0 bridgehead atoms. The van der Waals surface area contributed by atoms with Crippen molar-refractivity contribution in [3.8, 4) is 0 Å². The van der Waals surface area contributed by atoms with Crippen LogP contribution in [-0.2, 0) is 0 Å². The summed E-state index contributed by atoms with van der Waals surface area (Å²) in [6.07, 6.45) is 11.3. The molecule has 0 heterocycles. The summed E-state index contributed by atoms with van der Waals surface area (Å²) in [6.45, 7) is 0. The van der Waals surface area contributed by atoms with Crippen molar-refractivity contribution in [1.82, 2.24) is 0 Å². The SMILES string of the molecule is Fc1ccc2cc(C3=CC=CC=CC3)ccc2c1. The fourth-order valence-electron chi connectivity index (χ4n) is 2.21. The van der Waals surface area contributed by atoms with Gasteiger partial charge in [-0.15, -0.1) is 0 Å². The molecule has 0 aliphatic heterocycles. The van der Waals surface area contributed by atoms with Crippen molar-refractivity contribution in [2.75, 3.05) is 0 Å². The van der Waals surface area contributed by atoms with Crippen LogP contribution in [0.25, 0.3) is 16.3 Å². The number of halogens is 1. The zero-order chi connectivity index (χ0) is 12.4. The topological polar surface area (TPSA) is 0 Å². The molecule has 1 aliphatic rings. The second kappa shape index (κ2) is 4.61. The molecule has 1 heteroatoms. The molecule has 18 heavy (non-hydrogen) atoms. The molecule has 0 N–H and O–H groups in total. The molecular weight excluding hydrogens is 223 g/mol. The van der Waals surface area contributed by atoms with Crippen LogP contribution in [0.4, 0.5) is 4.39 Å². The van der Waals surface area contributed by atoms with Crippen molar-refractivity contribution in [2.45, 2.75) is 6.42 Å². The summed E-state index contributed by atoms with van der Waals surface area (Å²) in [5.41, 5.74) is 2.48. The summed E-state index contributed by atoms with van der Waals surface area (Å²) in [4.78, 5) is 0. The van der Waals surface area contributed by atoms with Gasteiger partial charge < -0.3 is 0 Å². The maximum absolute atomic E-state index is 13.1. The summed E-state index contributed by atoms with van der Waals surface area (Å²) < 4.78 is 13.1. The van der Waals surface area contributed by atoms with Gasteiger partial charge in [0, 0.05) is 0 Å². The lowest BCUT2D eigenvalue weighted by molar-refractivity contribution is 0.630. The predicted molar refractivity (Wildman–Crippen MR) is 74.8 cm³/mol. The molecule has 0 unspecified atom stereocenters. The molecule has 2 aromatic rings. The Bertz CT molecular complexity index is 675. The van der Waals surface area contributed by atoms with Crippen molar-refractivity contribution in [1.29, 1.82) is 0 Å². The van der Waals surface area contributed by atoms with E-state index in [4.69, 9.17) is 0 Å². The molecule has 0 spiro atoms. The minimum Gasteiger partial charge on any atom is -0.207 e. The van der Waals surface area contributed by atoms with Gasteiger partial charge in [-0.1, -0.05) is 48.6 Å². The minimum atomic E-state index is -0.185. The zero-order valence-electron chi connectivity index (χ0n) is 9.94. The van der Waals surface area contributed by atoms with E-state index in [1.807, 2.05) is 24.3 Å². The Kier molecular flexibility index (Phi) is 2.81. The zero-order valence-corrected chi connectivity index (χ0v) is 9.94. The van der Waals surface area contributed by atoms with E-state index in [-0.39, 0.29) is 5.82 Å². The Morgan fingerprint density at radius 1 is 0.833 bits per heavy atom. The molecule has 0 amide bonds. The molecule has 0 fully saturated rings. The van der Waals surface area contributed by atoms with Crippen molar-refractivity contribution in [3.63, 3.8) is 0 Å². The Hall–Kier alpha value is -2.15. The average molecular weight is 236 g/mol. The number of rotatable bonds is 1. The molecule has 3 rings (SSSR count). The van der Waals surface area contributed by atoms with Gasteiger partial charge in [0.05, 0.1) is 0 Å². The molecule has 0 radical (unpaired) electrons. The van der Waals surface area contributed by atoms with Gasteiger partial charge in [0.2, 0.25) is 0 Å². The summed E-state index contributed by atoms with van der Waals surface area (Å²) in [7, 11) is 0. The normalized spacial score (nSPS) is 14.6. The quantitative estimate of drug-likeness (QED) is 0.662. The Labute approximate surface area is 106 Å². The highest BCUT2D eigenvalue weighted by atomic mass is 19.1. The van der Waals surface area contributed by atoms with Crippen molar-refractivity contribution in [2.24, 2.45) is 0 Å². The smallest absolute Gasteiger partial charge is 0.123 e. The number of benzene rings is 2. The fourth-order valence-corrected chi connectivity index (χ4v) is 2.21. The highest BCUT2D eigenvalue weighted by Gasteiger charge is 2.03. The molecule has 0 aromatic heterocycles. The number of allylic oxidation sites excluding steroid dienone is 6. The fraction of sp³-hybridized carbons (Fsp3) is 0.0588. The largest absolute Gasteiger partial charge is 0.207 e. The van der Waals surface area contributed by atoms with Crippen LogP contribution in [0.3, 0.4) is 0 Å². The molecular formula is C17H13F. The molecule has 0 saturated heterocycles. The highest BCUT2D eigenvalue weighted by Crippen LogP contribution is 2.25. The predicted octanol–water partition coefficient (Wildman–Crippen LogP) is 4.88. The number of hydrogen-bond donors (Lipinski definition) is 0. The second-order valence-electron chi connectivity index (χ2n) is 4.42. The van der Waals surface area contributed by atoms with E-state index >= 15 is 0 Å². The van der Waals surface area contributed by atoms with Crippen LogP contribution in [0.1, 0.15) is 12.0 Å². The third-order valence-electron chi connectivity index (χ3n) is 3.17. The lowest BCUT2D eigenvalue weighted by Crippen LogP contribution is -1.84. The van der Waals surface area contributed by atoms with E-state index in [9.17, 15) is 4.39 Å². The number of hydrogen-bond acceptors (Lipinski definition) is 0.